The average molecular weight is 489 g/mol. The average Bonchev–Trinajstić information content (AvgIpc) is 3.22. The number of halogens is 3. The van der Waals surface area contributed by atoms with Crippen LogP contribution in [0.5, 0.6) is 0 Å². The van der Waals surface area contributed by atoms with E-state index in [0.717, 1.165) is 22.5 Å². The molecule has 0 saturated carbocycles. The molecular weight excluding hydrogens is 471 g/mol. The first-order valence-electron chi connectivity index (χ1n) is 10.1. The highest BCUT2D eigenvalue weighted by molar-refractivity contribution is 7.92. The van der Waals surface area contributed by atoms with Gasteiger partial charge in [-0.05, 0) is 36.2 Å². The summed E-state index contributed by atoms with van der Waals surface area (Å²) in [4.78, 5) is 7.66. The highest BCUT2D eigenvalue weighted by atomic mass is 32.2. The number of hydrogen-bond acceptors (Lipinski definition) is 7. The van der Waals surface area contributed by atoms with Crippen molar-refractivity contribution in [3.8, 4) is 0 Å². The number of nitrogens with two attached hydrogens (primary N) is 2. The number of nitrogen functional groups attached to an aromatic ring is 2. The van der Waals surface area contributed by atoms with Crippen LogP contribution in [0.15, 0.2) is 59.6 Å². The highest BCUT2D eigenvalue weighted by Crippen LogP contribution is 2.38. The van der Waals surface area contributed by atoms with Gasteiger partial charge in [0.05, 0.1) is 40.3 Å². The molecule has 0 saturated heterocycles. The summed E-state index contributed by atoms with van der Waals surface area (Å²) in [6, 6.07) is 9.98. The number of alkyl halides is 3. The molecule has 2 aromatic carbocycles. The van der Waals surface area contributed by atoms with Crippen molar-refractivity contribution in [1.29, 1.82) is 0 Å². The normalized spacial score (nSPS) is 16.6. The smallest absolute Gasteiger partial charge is 0.383 e. The largest absolute Gasteiger partial charge is 0.416 e. The van der Waals surface area contributed by atoms with Crippen molar-refractivity contribution < 1.29 is 21.6 Å². The molecule has 4 N–H and O–H groups in total. The summed E-state index contributed by atoms with van der Waals surface area (Å²) in [7, 11) is -4.34. The van der Waals surface area contributed by atoms with E-state index in [-0.39, 0.29) is 18.3 Å². The molecule has 1 aliphatic heterocycles. The number of sulfonamides is 1. The van der Waals surface area contributed by atoms with Crippen LogP contribution in [0.3, 0.4) is 0 Å². The third-order valence-electron chi connectivity index (χ3n) is 5.69. The summed E-state index contributed by atoms with van der Waals surface area (Å²) in [5, 5.41) is 4.80. The molecule has 1 aliphatic rings. The van der Waals surface area contributed by atoms with E-state index in [9.17, 15) is 21.6 Å². The first kappa shape index (κ1) is 21.9. The first-order chi connectivity index (χ1) is 16.1. The van der Waals surface area contributed by atoms with Gasteiger partial charge in [-0.1, -0.05) is 24.3 Å². The molecule has 176 valence electrons. The second-order valence-electron chi connectivity index (χ2n) is 7.84. The summed E-state index contributed by atoms with van der Waals surface area (Å²) in [6.07, 6.45) is -2.80. The van der Waals surface area contributed by atoms with Crippen LogP contribution in [0.25, 0.3) is 11.0 Å². The number of nitrogens with zero attached hydrogens (tertiary/aromatic N) is 5. The van der Waals surface area contributed by atoms with Crippen LogP contribution in [0, 0.1) is 0 Å². The lowest BCUT2D eigenvalue weighted by Gasteiger charge is -2.35. The minimum atomic E-state index is -4.68. The van der Waals surface area contributed by atoms with E-state index in [1.54, 1.807) is 24.3 Å². The standard InChI is InChI=1S/C21H18F3N7O2S/c22-21(23,24)13-5-3-6-15(9-13)34(32,33)30-11-14(8-12-4-1-2-7-17(12)30)31-19-16(10-27-31)18(25)28-20(26)29-19/h1-7,9-10,14H,8,11H2,(H4,25,26,28,29). The molecule has 9 nitrogen and oxygen atoms in total. The topological polar surface area (TPSA) is 133 Å². The number of hydrogen-bond donors (Lipinski definition) is 2. The lowest BCUT2D eigenvalue weighted by Crippen LogP contribution is -2.41. The summed E-state index contributed by atoms with van der Waals surface area (Å²) in [6.45, 7) is -0.0871. The Bertz CT molecular complexity index is 1520. The van der Waals surface area contributed by atoms with Crippen molar-refractivity contribution in [2.45, 2.75) is 23.5 Å². The van der Waals surface area contributed by atoms with Gasteiger partial charge in [0.25, 0.3) is 10.0 Å². The molecular formula is C21H18F3N7O2S. The zero-order valence-corrected chi connectivity index (χ0v) is 18.3. The van der Waals surface area contributed by atoms with Crippen molar-refractivity contribution in [1.82, 2.24) is 19.7 Å². The quantitative estimate of drug-likeness (QED) is 0.452. The lowest BCUT2D eigenvalue weighted by molar-refractivity contribution is -0.137. The van der Waals surface area contributed by atoms with Crippen molar-refractivity contribution in [2.24, 2.45) is 0 Å². The van der Waals surface area contributed by atoms with Gasteiger partial charge in [-0.15, -0.1) is 0 Å². The maximum absolute atomic E-state index is 13.6. The summed E-state index contributed by atoms with van der Waals surface area (Å²) < 4.78 is 69.5. The molecule has 2 aromatic heterocycles. The van der Waals surface area contributed by atoms with Crippen molar-refractivity contribution in [3.63, 3.8) is 0 Å². The van der Waals surface area contributed by atoms with Gasteiger partial charge in [-0.2, -0.15) is 28.2 Å². The van der Waals surface area contributed by atoms with Crippen molar-refractivity contribution in [2.75, 3.05) is 22.3 Å². The SMILES string of the molecule is Nc1nc(N)c2cnn(C3Cc4ccccc4N(S(=O)(=O)c4cccc(C(F)(F)F)c4)C3)c2n1. The van der Waals surface area contributed by atoms with Gasteiger partial charge in [0.2, 0.25) is 5.95 Å². The molecule has 4 aromatic rings. The fourth-order valence-corrected chi connectivity index (χ4v) is 5.71. The molecule has 0 amide bonds. The van der Waals surface area contributed by atoms with Crippen LogP contribution in [-0.4, -0.2) is 34.7 Å². The van der Waals surface area contributed by atoms with Crippen LogP contribution < -0.4 is 15.8 Å². The molecule has 1 unspecified atom stereocenters. The van der Waals surface area contributed by atoms with Crippen LogP contribution in [0.4, 0.5) is 30.6 Å². The Kier molecular flexibility index (Phi) is 4.90. The molecule has 1 atom stereocenters. The van der Waals surface area contributed by atoms with E-state index < -0.39 is 32.7 Å². The minimum Gasteiger partial charge on any atom is -0.383 e. The monoisotopic (exact) mass is 489 g/mol. The van der Waals surface area contributed by atoms with Gasteiger partial charge in [-0.25, -0.2) is 13.1 Å². The second kappa shape index (κ2) is 7.58. The highest BCUT2D eigenvalue weighted by Gasteiger charge is 2.37. The molecule has 0 aliphatic carbocycles. The molecule has 5 rings (SSSR count). The van der Waals surface area contributed by atoms with Crippen LogP contribution in [0.2, 0.25) is 0 Å². The maximum Gasteiger partial charge on any atom is 0.416 e. The van der Waals surface area contributed by atoms with Gasteiger partial charge >= 0.3 is 6.18 Å². The van der Waals surface area contributed by atoms with E-state index >= 15 is 0 Å². The summed E-state index contributed by atoms with van der Waals surface area (Å²) >= 11 is 0. The van der Waals surface area contributed by atoms with Gasteiger partial charge < -0.3 is 11.5 Å². The van der Waals surface area contributed by atoms with Crippen molar-refractivity contribution in [3.05, 3.63) is 65.9 Å². The summed E-state index contributed by atoms with van der Waals surface area (Å²) in [5.41, 5.74) is 12.0. The molecule has 0 fully saturated rings. The Hall–Kier alpha value is -3.87. The Labute approximate surface area is 191 Å². The predicted molar refractivity (Wildman–Crippen MR) is 119 cm³/mol. The van der Waals surface area contributed by atoms with E-state index in [0.29, 0.717) is 34.8 Å². The Morgan fingerprint density at radius 2 is 1.79 bits per heavy atom. The molecule has 0 bridgehead atoms. The second-order valence-corrected chi connectivity index (χ2v) is 9.70. The number of benzene rings is 2. The number of aromatic nitrogens is 4. The number of para-hydroxylation sites is 1. The number of rotatable bonds is 3. The lowest BCUT2D eigenvalue weighted by atomic mass is 10.00. The first-order valence-corrected chi connectivity index (χ1v) is 11.5. The molecule has 3 heterocycles. The van der Waals surface area contributed by atoms with Crippen LogP contribution in [-0.2, 0) is 22.6 Å². The maximum atomic E-state index is 13.6. The van der Waals surface area contributed by atoms with Crippen molar-refractivity contribution >= 4 is 38.5 Å². The van der Waals surface area contributed by atoms with E-state index in [1.165, 1.54) is 10.9 Å². The minimum absolute atomic E-state index is 0.0589. The molecule has 34 heavy (non-hydrogen) atoms. The fourth-order valence-electron chi connectivity index (χ4n) is 4.12. The molecule has 0 spiro atoms. The predicted octanol–water partition coefficient (Wildman–Crippen LogP) is 3.00. The third kappa shape index (κ3) is 3.57. The number of fused-ring (bicyclic) bond motifs is 2. The number of anilines is 3. The Balaban J connectivity index is 1.62. The third-order valence-corrected chi connectivity index (χ3v) is 7.46. The zero-order chi connectivity index (χ0) is 24.3. The molecule has 13 heteroatoms. The summed E-state index contributed by atoms with van der Waals surface area (Å²) in [5.74, 6) is 0.0785. The Morgan fingerprint density at radius 3 is 2.56 bits per heavy atom. The van der Waals surface area contributed by atoms with E-state index in [2.05, 4.69) is 15.1 Å². The zero-order valence-electron chi connectivity index (χ0n) is 17.4. The van der Waals surface area contributed by atoms with Crippen LogP contribution >= 0.6 is 0 Å². The van der Waals surface area contributed by atoms with Gasteiger partial charge in [0.1, 0.15) is 5.82 Å². The Morgan fingerprint density at radius 1 is 1.03 bits per heavy atom. The van der Waals surface area contributed by atoms with E-state index in [1.807, 2.05) is 0 Å². The van der Waals surface area contributed by atoms with Gasteiger partial charge in [0.15, 0.2) is 5.65 Å². The van der Waals surface area contributed by atoms with Crippen LogP contribution in [0.1, 0.15) is 17.2 Å². The van der Waals surface area contributed by atoms with Gasteiger partial charge in [0, 0.05) is 0 Å². The fraction of sp³-hybridized carbons (Fsp3) is 0.190. The van der Waals surface area contributed by atoms with E-state index in [4.69, 9.17) is 11.5 Å². The molecule has 0 radical (unpaired) electrons. The van der Waals surface area contributed by atoms with Gasteiger partial charge in [-0.3, -0.25) is 4.31 Å².